The number of anilines is 1. The monoisotopic (exact) mass is 241 g/mol. The number of carbonyl (C=O) groups excluding carboxylic acids is 1. The average molecular weight is 241 g/mol. The first kappa shape index (κ1) is 11.5. The predicted octanol–water partition coefficient (Wildman–Crippen LogP) is 3.48. The molecule has 1 aromatic rings. The van der Waals surface area contributed by atoms with E-state index in [-0.39, 0.29) is 6.04 Å². The molecule has 0 saturated carbocycles. The van der Waals surface area contributed by atoms with Gasteiger partial charge in [0.1, 0.15) is 0 Å². The van der Waals surface area contributed by atoms with E-state index in [2.05, 4.69) is 23.5 Å². The first-order valence-corrected chi connectivity index (χ1v) is 6.92. The lowest BCUT2D eigenvalue weighted by molar-refractivity contribution is -0.116. The van der Waals surface area contributed by atoms with Crippen LogP contribution >= 0.6 is 0 Å². The fourth-order valence-corrected chi connectivity index (χ4v) is 2.92. The Morgan fingerprint density at radius 3 is 2.94 bits per heavy atom. The van der Waals surface area contributed by atoms with Crippen LogP contribution in [0.5, 0.6) is 0 Å². The Hall–Kier alpha value is -1.57. The largest absolute Gasteiger partial charge is 0.374 e. The van der Waals surface area contributed by atoms with Gasteiger partial charge in [-0.15, -0.1) is 0 Å². The summed E-state index contributed by atoms with van der Waals surface area (Å²) in [5.74, 6) is 0.313. The lowest BCUT2D eigenvalue weighted by Gasteiger charge is -2.12. The molecule has 2 heteroatoms. The van der Waals surface area contributed by atoms with Crippen molar-refractivity contribution < 1.29 is 4.79 Å². The van der Waals surface area contributed by atoms with Crippen molar-refractivity contribution >= 4 is 11.5 Å². The maximum Gasteiger partial charge on any atom is 0.181 e. The number of allylic oxidation sites excluding steroid dienone is 1. The van der Waals surface area contributed by atoms with Gasteiger partial charge < -0.3 is 5.32 Å². The molecule has 2 aliphatic rings. The molecule has 0 saturated heterocycles. The fraction of sp³-hybridized carbons (Fsp3) is 0.438. The molecule has 1 N–H and O–H groups in total. The van der Waals surface area contributed by atoms with Crippen molar-refractivity contribution in [1.29, 1.82) is 0 Å². The number of nitrogens with one attached hydrogen (secondary N) is 1. The molecule has 94 valence electrons. The van der Waals surface area contributed by atoms with E-state index in [0.717, 1.165) is 36.9 Å². The number of para-hydroxylation sites is 1. The number of benzene rings is 1. The van der Waals surface area contributed by atoms with Gasteiger partial charge in [-0.3, -0.25) is 4.79 Å². The summed E-state index contributed by atoms with van der Waals surface area (Å²) in [6.07, 6.45) is 8.69. The molecular weight excluding hydrogens is 222 g/mol. The zero-order chi connectivity index (χ0) is 12.4. The molecule has 0 amide bonds. The Balaban J connectivity index is 1.74. The van der Waals surface area contributed by atoms with E-state index in [1.807, 2.05) is 12.1 Å². The molecule has 0 bridgehead atoms. The second-order valence-corrected chi connectivity index (χ2v) is 5.25. The van der Waals surface area contributed by atoms with E-state index in [9.17, 15) is 4.79 Å². The van der Waals surface area contributed by atoms with Gasteiger partial charge in [0.2, 0.25) is 0 Å². The Morgan fingerprint density at radius 2 is 2.06 bits per heavy atom. The average Bonchev–Trinajstić information content (AvgIpc) is 2.64. The van der Waals surface area contributed by atoms with Gasteiger partial charge in [-0.25, -0.2) is 0 Å². The summed E-state index contributed by atoms with van der Waals surface area (Å²) in [6, 6.07) is 8.19. The minimum absolute atomic E-state index is 0.0354. The Bertz CT molecular complexity index is 465. The zero-order valence-electron chi connectivity index (χ0n) is 10.6. The van der Waals surface area contributed by atoms with Crippen molar-refractivity contribution in [3.8, 4) is 0 Å². The van der Waals surface area contributed by atoms with Gasteiger partial charge in [0, 0.05) is 12.1 Å². The van der Waals surface area contributed by atoms with Crippen LogP contribution in [-0.4, -0.2) is 11.8 Å². The van der Waals surface area contributed by atoms with E-state index in [1.165, 1.54) is 18.4 Å². The van der Waals surface area contributed by atoms with E-state index in [0.29, 0.717) is 5.78 Å². The number of rotatable bonds is 2. The molecule has 1 heterocycles. The highest BCUT2D eigenvalue weighted by molar-refractivity contribution is 6.02. The van der Waals surface area contributed by atoms with E-state index in [1.54, 1.807) is 0 Å². The molecule has 3 rings (SSSR count). The molecule has 1 atom stereocenters. The first-order chi connectivity index (χ1) is 8.84. The van der Waals surface area contributed by atoms with Gasteiger partial charge in [-0.05, 0) is 42.9 Å². The standard InChI is InChI=1S/C16H19NO/c18-16(12-7-3-1-2-4-8-12)15-11-13-9-5-6-10-14(13)17-15/h5-7,9-10,15,17H,1-4,8,11H2. The first-order valence-electron chi connectivity index (χ1n) is 6.92. The predicted molar refractivity (Wildman–Crippen MR) is 73.7 cm³/mol. The lowest BCUT2D eigenvalue weighted by Crippen LogP contribution is -2.28. The van der Waals surface area contributed by atoms with Crippen molar-refractivity contribution in [2.45, 2.75) is 44.6 Å². The van der Waals surface area contributed by atoms with Gasteiger partial charge in [-0.2, -0.15) is 0 Å². The highest BCUT2D eigenvalue weighted by Crippen LogP contribution is 2.28. The maximum absolute atomic E-state index is 12.5. The molecule has 1 aromatic carbocycles. The summed E-state index contributed by atoms with van der Waals surface area (Å²) in [4.78, 5) is 12.5. The molecule has 0 radical (unpaired) electrons. The summed E-state index contributed by atoms with van der Waals surface area (Å²) < 4.78 is 0. The number of ketones is 1. The number of hydrogen-bond donors (Lipinski definition) is 1. The number of carbonyl (C=O) groups is 1. The minimum atomic E-state index is -0.0354. The van der Waals surface area contributed by atoms with Crippen LogP contribution in [0.4, 0.5) is 5.69 Å². The highest BCUT2D eigenvalue weighted by Gasteiger charge is 2.28. The molecule has 1 aliphatic carbocycles. The molecule has 0 fully saturated rings. The van der Waals surface area contributed by atoms with Crippen molar-refractivity contribution in [3.63, 3.8) is 0 Å². The van der Waals surface area contributed by atoms with Crippen LogP contribution in [0.25, 0.3) is 0 Å². The topological polar surface area (TPSA) is 29.1 Å². The third-order valence-electron chi connectivity index (χ3n) is 3.95. The zero-order valence-corrected chi connectivity index (χ0v) is 10.6. The van der Waals surface area contributed by atoms with Crippen LogP contribution in [-0.2, 0) is 11.2 Å². The SMILES string of the molecule is O=C(C1=CCCCCC1)C1Cc2ccccc2N1. The van der Waals surface area contributed by atoms with Gasteiger partial charge in [0.15, 0.2) is 5.78 Å². The van der Waals surface area contributed by atoms with Crippen LogP contribution in [0.3, 0.4) is 0 Å². The third-order valence-corrected chi connectivity index (χ3v) is 3.95. The summed E-state index contributed by atoms with van der Waals surface area (Å²) >= 11 is 0. The van der Waals surface area contributed by atoms with Crippen LogP contribution in [0.15, 0.2) is 35.9 Å². The highest BCUT2D eigenvalue weighted by atomic mass is 16.1. The Kier molecular flexibility index (Phi) is 3.18. The van der Waals surface area contributed by atoms with Gasteiger partial charge in [-0.1, -0.05) is 30.7 Å². The summed E-state index contributed by atoms with van der Waals surface area (Å²) in [5.41, 5.74) is 3.45. The van der Waals surface area contributed by atoms with Gasteiger partial charge >= 0.3 is 0 Å². The maximum atomic E-state index is 12.5. The second-order valence-electron chi connectivity index (χ2n) is 5.25. The molecule has 18 heavy (non-hydrogen) atoms. The molecule has 0 aromatic heterocycles. The Labute approximate surface area is 108 Å². The summed E-state index contributed by atoms with van der Waals surface area (Å²) in [7, 11) is 0. The number of fused-ring (bicyclic) bond motifs is 1. The quantitative estimate of drug-likeness (QED) is 0.858. The molecule has 2 nitrogen and oxygen atoms in total. The van der Waals surface area contributed by atoms with E-state index >= 15 is 0 Å². The number of hydrogen-bond acceptors (Lipinski definition) is 2. The smallest absolute Gasteiger partial charge is 0.181 e. The normalized spacial score (nSPS) is 22.7. The minimum Gasteiger partial charge on any atom is -0.374 e. The van der Waals surface area contributed by atoms with Crippen LogP contribution < -0.4 is 5.32 Å². The van der Waals surface area contributed by atoms with Crippen molar-refractivity contribution in [2.75, 3.05) is 5.32 Å². The molecule has 1 unspecified atom stereocenters. The summed E-state index contributed by atoms with van der Waals surface area (Å²) in [6.45, 7) is 0. The van der Waals surface area contributed by atoms with Crippen molar-refractivity contribution in [1.82, 2.24) is 0 Å². The summed E-state index contributed by atoms with van der Waals surface area (Å²) in [5, 5.41) is 3.36. The van der Waals surface area contributed by atoms with E-state index < -0.39 is 0 Å². The van der Waals surface area contributed by atoms with Crippen LogP contribution in [0, 0.1) is 0 Å². The Morgan fingerprint density at radius 1 is 1.17 bits per heavy atom. The van der Waals surface area contributed by atoms with Gasteiger partial charge in [0.05, 0.1) is 6.04 Å². The fourth-order valence-electron chi connectivity index (χ4n) is 2.92. The van der Waals surface area contributed by atoms with Crippen molar-refractivity contribution in [3.05, 3.63) is 41.5 Å². The lowest BCUT2D eigenvalue weighted by atomic mass is 9.98. The van der Waals surface area contributed by atoms with Crippen LogP contribution in [0.2, 0.25) is 0 Å². The van der Waals surface area contributed by atoms with E-state index in [4.69, 9.17) is 0 Å². The molecule has 1 aliphatic heterocycles. The molecule has 0 spiro atoms. The van der Waals surface area contributed by atoms with Gasteiger partial charge in [0.25, 0.3) is 0 Å². The third kappa shape index (κ3) is 2.20. The van der Waals surface area contributed by atoms with Crippen molar-refractivity contribution in [2.24, 2.45) is 0 Å². The molecular formula is C16H19NO. The van der Waals surface area contributed by atoms with Crippen LogP contribution in [0.1, 0.15) is 37.7 Å². The second kappa shape index (κ2) is 4.97. The number of Topliss-reactive ketones (excluding diaryl/α,β-unsaturated/α-hetero) is 1.